The molecule has 0 aromatic carbocycles. The fourth-order valence-electron chi connectivity index (χ4n) is 4.07. The first kappa shape index (κ1) is 19.6. The number of ether oxygens (including phenoxy) is 1. The van der Waals surface area contributed by atoms with Gasteiger partial charge in [-0.1, -0.05) is 0 Å². The molecule has 2 aromatic rings. The van der Waals surface area contributed by atoms with Crippen molar-refractivity contribution in [3.63, 3.8) is 0 Å². The Morgan fingerprint density at radius 1 is 1.17 bits per heavy atom. The van der Waals surface area contributed by atoms with E-state index in [1.807, 2.05) is 12.1 Å². The Bertz CT molecular complexity index is 871. The molecule has 29 heavy (non-hydrogen) atoms. The van der Waals surface area contributed by atoms with Gasteiger partial charge in [0.25, 0.3) is 5.56 Å². The number of carbonyl (C=O) groups excluding carboxylic acids is 1. The summed E-state index contributed by atoms with van der Waals surface area (Å²) in [7, 11) is 0. The van der Waals surface area contributed by atoms with Crippen molar-refractivity contribution in [3.05, 3.63) is 47.0 Å². The maximum absolute atomic E-state index is 12.4. The van der Waals surface area contributed by atoms with Crippen molar-refractivity contribution >= 4 is 6.03 Å². The third-order valence-corrected chi connectivity index (χ3v) is 5.67. The van der Waals surface area contributed by atoms with E-state index in [-0.39, 0.29) is 29.8 Å². The van der Waals surface area contributed by atoms with Crippen LogP contribution in [0, 0.1) is 0 Å². The zero-order valence-corrected chi connectivity index (χ0v) is 16.4. The van der Waals surface area contributed by atoms with Crippen LogP contribution >= 0.6 is 0 Å². The zero-order valence-electron chi connectivity index (χ0n) is 16.4. The van der Waals surface area contributed by atoms with Crippen LogP contribution in [0.15, 0.2) is 41.5 Å². The number of hydrogen-bond acceptors (Lipinski definition) is 5. The van der Waals surface area contributed by atoms with Crippen LogP contribution in [0.1, 0.15) is 44.6 Å². The normalized spacial score (nSPS) is 24.2. The number of aromatic nitrogens is 3. The van der Waals surface area contributed by atoms with Gasteiger partial charge in [-0.3, -0.25) is 9.78 Å². The standard InChI is InChI=1S/C21H27N5O3/c27-20-10-9-19(15-3-1-11-22-13-15)25-26(20)17-7-5-16(6-8-17)24-21(28)23-14-18-4-2-12-29-18/h1,3,9-11,13,16-18H,2,4-8,12,14H2,(H2,23,24,28). The van der Waals surface area contributed by atoms with Crippen molar-refractivity contribution in [2.45, 2.75) is 56.7 Å². The molecule has 4 rings (SSSR count). The van der Waals surface area contributed by atoms with E-state index in [1.54, 1.807) is 29.2 Å². The second-order valence-electron chi connectivity index (χ2n) is 7.74. The van der Waals surface area contributed by atoms with Gasteiger partial charge in [0.1, 0.15) is 0 Å². The highest BCUT2D eigenvalue weighted by molar-refractivity contribution is 5.74. The second-order valence-corrected chi connectivity index (χ2v) is 7.74. The summed E-state index contributed by atoms with van der Waals surface area (Å²) in [5, 5.41) is 10.5. The summed E-state index contributed by atoms with van der Waals surface area (Å²) in [5.41, 5.74) is 1.54. The average molecular weight is 397 g/mol. The Labute approximate surface area is 169 Å². The van der Waals surface area contributed by atoms with Crippen LogP contribution in [0.4, 0.5) is 4.79 Å². The lowest BCUT2D eigenvalue weighted by Gasteiger charge is -2.29. The molecule has 3 heterocycles. The molecular formula is C21H27N5O3. The molecule has 0 spiro atoms. The maximum Gasteiger partial charge on any atom is 0.315 e. The number of nitrogens with one attached hydrogen (secondary N) is 2. The van der Waals surface area contributed by atoms with Gasteiger partial charge < -0.3 is 15.4 Å². The van der Waals surface area contributed by atoms with Gasteiger partial charge in [-0.2, -0.15) is 5.10 Å². The van der Waals surface area contributed by atoms with Crippen LogP contribution in [0.5, 0.6) is 0 Å². The lowest BCUT2D eigenvalue weighted by Crippen LogP contribution is -2.46. The van der Waals surface area contributed by atoms with Crippen molar-refractivity contribution in [2.75, 3.05) is 13.2 Å². The summed E-state index contributed by atoms with van der Waals surface area (Å²) in [5.74, 6) is 0. The van der Waals surface area contributed by atoms with Gasteiger partial charge in [0, 0.05) is 43.2 Å². The minimum absolute atomic E-state index is 0.0483. The highest BCUT2D eigenvalue weighted by Gasteiger charge is 2.25. The van der Waals surface area contributed by atoms with Crippen LogP contribution < -0.4 is 16.2 Å². The predicted molar refractivity (Wildman–Crippen MR) is 109 cm³/mol. The molecule has 2 aromatic heterocycles. The molecule has 1 unspecified atom stereocenters. The molecule has 0 radical (unpaired) electrons. The fraction of sp³-hybridized carbons (Fsp3) is 0.524. The van der Waals surface area contributed by atoms with Crippen molar-refractivity contribution in [2.24, 2.45) is 0 Å². The molecule has 2 aliphatic rings. The molecular weight excluding hydrogens is 370 g/mol. The maximum atomic E-state index is 12.4. The van der Waals surface area contributed by atoms with E-state index in [0.29, 0.717) is 6.54 Å². The Hall–Kier alpha value is -2.74. The first-order valence-electron chi connectivity index (χ1n) is 10.4. The molecule has 1 saturated heterocycles. The molecule has 0 bridgehead atoms. The van der Waals surface area contributed by atoms with Crippen molar-refractivity contribution in [1.29, 1.82) is 0 Å². The first-order valence-corrected chi connectivity index (χ1v) is 10.4. The second kappa shape index (κ2) is 9.17. The smallest absolute Gasteiger partial charge is 0.315 e. The third kappa shape index (κ3) is 5.00. The van der Waals surface area contributed by atoms with Gasteiger partial charge in [0.05, 0.1) is 17.8 Å². The van der Waals surface area contributed by atoms with Crippen molar-refractivity contribution in [1.82, 2.24) is 25.4 Å². The third-order valence-electron chi connectivity index (χ3n) is 5.67. The Morgan fingerprint density at radius 2 is 2.03 bits per heavy atom. The molecule has 154 valence electrons. The van der Waals surface area contributed by atoms with E-state index in [4.69, 9.17) is 4.74 Å². The Balaban J connectivity index is 1.31. The van der Waals surface area contributed by atoms with Gasteiger partial charge >= 0.3 is 6.03 Å². The van der Waals surface area contributed by atoms with Crippen LogP contribution in [0.25, 0.3) is 11.3 Å². The quantitative estimate of drug-likeness (QED) is 0.807. The summed E-state index contributed by atoms with van der Waals surface area (Å²) >= 11 is 0. The number of urea groups is 1. The van der Waals surface area contributed by atoms with Crippen LogP contribution in [-0.4, -0.2) is 46.1 Å². The van der Waals surface area contributed by atoms with Crippen molar-refractivity contribution in [3.8, 4) is 11.3 Å². The van der Waals surface area contributed by atoms with E-state index in [2.05, 4.69) is 20.7 Å². The minimum Gasteiger partial charge on any atom is -0.376 e. The first-order chi connectivity index (χ1) is 14.2. The number of carbonyl (C=O) groups is 1. The van der Waals surface area contributed by atoms with Gasteiger partial charge in [0.15, 0.2) is 0 Å². The van der Waals surface area contributed by atoms with E-state index in [9.17, 15) is 9.59 Å². The highest BCUT2D eigenvalue weighted by Crippen LogP contribution is 2.27. The van der Waals surface area contributed by atoms with E-state index >= 15 is 0 Å². The topological polar surface area (TPSA) is 98.1 Å². The number of amides is 2. The molecule has 1 aliphatic carbocycles. The molecule has 8 heteroatoms. The molecule has 1 atom stereocenters. The number of hydrogen-bond donors (Lipinski definition) is 2. The highest BCUT2D eigenvalue weighted by atomic mass is 16.5. The largest absolute Gasteiger partial charge is 0.376 e. The molecule has 8 nitrogen and oxygen atoms in total. The molecule has 1 saturated carbocycles. The van der Waals surface area contributed by atoms with Gasteiger partial charge in [-0.25, -0.2) is 9.48 Å². The van der Waals surface area contributed by atoms with Gasteiger partial charge in [-0.15, -0.1) is 0 Å². The van der Waals surface area contributed by atoms with E-state index < -0.39 is 0 Å². The predicted octanol–water partition coefficient (Wildman–Crippen LogP) is 2.27. The summed E-state index contributed by atoms with van der Waals surface area (Å²) in [6.07, 6.45) is 8.92. The SMILES string of the molecule is O=C(NCC1CCCO1)NC1CCC(n2nc(-c3cccnc3)ccc2=O)CC1. The molecule has 2 amide bonds. The number of rotatable bonds is 5. The van der Waals surface area contributed by atoms with E-state index in [1.165, 1.54) is 0 Å². The number of nitrogens with zero attached hydrogens (tertiary/aromatic N) is 3. The lowest BCUT2D eigenvalue weighted by atomic mass is 9.91. The Kier molecular flexibility index (Phi) is 6.19. The summed E-state index contributed by atoms with van der Waals surface area (Å²) in [6.45, 7) is 1.34. The van der Waals surface area contributed by atoms with Crippen LogP contribution in [0.2, 0.25) is 0 Å². The summed E-state index contributed by atoms with van der Waals surface area (Å²) in [6, 6.07) is 7.12. The fourth-order valence-corrected chi connectivity index (χ4v) is 4.07. The van der Waals surface area contributed by atoms with Crippen LogP contribution in [-0.2, 0) is 4.74 Å². The van der Waals surface area contributed by atoms with Crippen LogP contribution in [0.3, 0.4) is 0 Å². The molecule has 1 aliphatic heterocycles. The Morgan fingerprint density at radius 3 is 2.76 bits per heavy atom. The van der Waals surface area contributed by atoms with E-state index in [0.717, 1.165) is 56.4 Å². The summed E-state index contributed by atoms with van der Waals surface area (Å²) in [4.78, 5) is 28.6. The average Bonchev–Trinajstić information content (AvgIpc) is 3.28. The van der Waals surface area contributed by atoms with Gasteiger partial charge in [-0.05, 0) is 56.7 Å². The molecule has 2 N–H and O–H groups in total. The van der Waals surface area contributed by atoms with Gasteiger partial charge in [0.2, 0.25) is 0 Å². The minimum atomic E-state index is -0.141. The zero-order chi connectivity index (χ0) is 20.1. The molecule has 2 fully saturated rings. The summed E-state index contributed by atoms with van der Waals surface area (Å²) < 4.78 is 7.12. The monoisotopic (exact) mass is 397 g/mol. The number of pyridine rings is 1. The van der Waals surface area contributed by atoms with Crippen molar-refractivity contribution < 1.29 is 9.53 Å². The lowest BCUT2D eigenvalue weighted by molar-refractivity contribution is 0.111.